The van der Waals surface area contributed by atoms with Gasteiger partial charge >= 0.3 is 0 Å². The van der Waals surface area contributed by atoms with Gasteiger partial charge in [-0.05, 0) is 30.3 Å². The number of pyridine rings is 1. The Morgan fingerprint density at radius 3 is 2.77 bits per heavy atom. The van der Waals surface area contributed by atoms with E-state index >= 15 is 0 Å². The number of ether oxygens (including phenoxy) is 1. The smallest absolute Gasteiger partial charge is 0.254 e. The minimum Gasteiger partial charge on any atom is -0.368 e. The number of nitrogens with zero attached hydrogens (tertiary/aromatic N) is 4. The second-order valence-electron chi connectivity index (χ2n) is 7.29. The van der Waals surface area contributed by atoms with Crippen LogP contribution in [0.3, 0.4) is 0 Å². The van der Waals surface area contributed by atoms with Gasteiger partial charge in [-0.15, -0.1) is 0 Å². The Balaban J connectivity index is 1.46. The number of hydrogen-bond acceptors (Lipinski definition) is 5. The van der Waals surface area contributed by atoms with Gasteiger partial charge < -0.3 is 9.64 Å². The maximum atomic E-state index is 13.8. The van der Waals surface area contributed by atoms with Crippen molar-refractivity contribution in [2.75, 3.05) is 19.7 Å². The quantitative estimate of drug-likeness (QED) is 0.506. The lowest BCUT2D eigenvalue weighted by Crippen LogP contribution is -2.42. The molecule has 0 spiro atoms. The molecule has 1 aliphatic rings. The molecular weight excluding hydrogens is 395 g/mol. The summed E-state index contributed by atoms with van der Waals surface area (Å²) in [6.45, 7) is 1.18. The first-order valence-electron chi connectivity index (χ1n) is 10.0. The first-order valence-corrected chi connectivity index (χ1v) is 10.0. The third-order valence-electron chi connectivity index (χ3n) is 5.36. The number of carbonyl (C=O) groups is 1. The molecule has 3 heterocycles. The summed E-state index contributed by atoms with van der Waals surface area (Å²) in [7, 11) is 0. The molecule has 0 N–H and O–H groups in total. The van der Waals surface area contributed by atoms with Crippen molar-refractivity contribution >= 4 is 16.8 Å². The van der Waals surface area contributed by atoms with Crippen LogP contribution in [0.4, 0.5) is 4.39 Å². The Morgan fingerprint density at radius 2 is 1.87 bits per heavy atom. The lowest BCUT2D eigenvalue weighted by atomic mass is 10.0. The first-order chi connectivity index (χ1) is 15.2. The summed E-state index contributed by atoms with van der Waals surface area (Å²) >= 11 is 0. The highest BCUT2D eigenvalue weighted by atomic mass is 19.1. The molecule has 1 saturated heterocycles. The van der Waals surface area contributed by atoms with E-state index in [2.05, 4.69) is 15.0 Å². The average Bonchev–Trinajstić information content (AvgIpc) is 2.83. The van der Waals surface area contributed by atoms with E-state index in [0.29, 0.717) is 42.2 Å². The molecule has 4 aromatic rings. The number of morpholine rings is 1. The molecule has 154 valence electrons. The van der Waals surface area contributed by atoms with E-state index < -0.39 is 6.10 Å². The van der Waals surface area contributed by atoms with Crippen LogP contribution in [0.5, 0.6) is 0 Å². The number of aromatic nitrogens is 3. The zero-order chi connectivity index (χ0) is 21.2. The summed E-state index contributed by atoms with van der Waals surface area (Å²) in [5.74, 6) is -0.428. The van der Waals surface area contributed by atoms with Crippen molar-refractivity contribution in [1.82, 2.24) is 19.9 Å². The molecule has 5 rings (SSSR count). The van der Waals surface area contributed by atoms with Crippen LogP contribution in [0.25, 0.3) is 22.2 Å². The molecule has 1 fully saturated rings. The minimum absolute atomic E-state index is 0.0805. The van der Waals surface area contributed by atoms with Crippen molar-refractivity contribution in [3.05, 3.63) is 90.3 Å². The van der Waals surface area contributed by atoms with Gasteiger partial charge in [0.15, 0.2) is 0 Å². The number of benzene rings is 2. The second kappa shape index (κ2) is 8.20. The molecule has 6 nitrogen and oxygen atoms in total. The van der Waals surface area contributed by atoms with Crippen LogP contribution in [0, 0.1) is 5.82 Å². The van der Waals surface area contributed by atoms with Gasteiger partial charge in [0.05, 0.1) is 30.1 Å². The van der Waals surface area contributed by atoms with Gasteiger partial charge in [0.1, 0.15) is 11.9 Å². The number of amides is 1. The molecule has 0 radical (unpaired) electrons. The zero-order valence-corrected chi connectivity index (χ0v) is 16.6. The maximum Gasteiger partial charge on any atom is 0.254 e. The van der Waals surface area contributed by atoms with Crippen molar-refractivity contribution in [3.8, 4) is 11.3 Å². The molecule has 0 saturated carbocycles. The molecule has 0 aliphatic carbocycles. The SMILES string of the molecule is O=C(c1cccc2ncccc12)N1CCO[C@@H](c2nccnc2-c2cccc(F)c2)C1. The van der Waals surface area contributed by atoms with Gasteiger partial charge in [-0.1, -0.05) is 24.3 Å². The zero-order valence-electron chi connectivity index (χ0n) is 16.6. The van der Waals surface area contributed by atoms with Gasteiger partial charge in [0, 0.05) is 41.6 Å². The molecule has 2 aromatic heterocycles. The van der Waals surface area contributed by atoms with Crippen molar-refractivity contribution < 1.29 is 13.9 Å². The third kappa shape index (κ3) is 3.75. The number of fused-ring (bicyclic) bond motifs is 1. The third-order valence-corrected chi connectivity index (χ3v) is 5.36. The van der Waals surface area contributed by atoms with E-state index in [-0.39, 0.29) is 11.7 Å². The van der Waals surface area contributed by atoms with E-state index in [0.717, 1.165) is 10.9 Å². The second-order valence-corrected chi connectivity index (χ2v) is 7.29. The fourth-order valence-electron chi connectivity index (χ4n) is 3.90. The summed E-state index contributed by atoms with van der Waals surface area (Å²) in [4.78, 5) is 28.3. The maximum absolute atomic E-state index is 13.8. The van der Waals surface area contributed by atoms with Crippen molar-refractivity contribution in [2.24, 2.45) is 0 Å². The molecule has 0 unspecified atom stereocenters. The Bertz CT molecular complexity index is 1260. The topological polar surface area (TPSA) is 68.2 Å². The minimum atomic E-state index is -0.460. The normalized spacial score (nSPS) is 16.4. The lowest BCUT2D eigenvalue weighted by Gasteiger charge is -2.33. The molecule has 1 amide bonds. The highest BCUT2D eigenvalue weighted by Gasteiger charge is 2.30. The largest absolute Gasteiger partial charge is 0.368 e. The number of halogens is 1. The molecule has 1 atom stereocenters. The van der Waals surface area contributed by atoms with Crippen molar-refractivity contribution in [3.63, 3.8) is 0 Å². The summed E-state index contributed by atoms with van der Waals surface area (Å²) in [6.07, 6.45) is 4.40. The number of carbonyl (C=O) groups excluding carboxylic acids is 1. The predicted octanol–water partition coefficient (Wildman–Crippen LogP) is 4.04. The average molecular weight is 414 g/mol. The standard InChI is InChI=1S/C24H19FN4O2/c25-17-5-1-4-16(14-17)22-23(28-11-10-27-22)21-15-29(12-13-31-21)24(30)19-6-2-8-20-18(19)7-3-9-26-20/h1-11,14,21H,12-13,15H2/t21-/m1/s1. The lowest BCUT2D eigenvalue weighted by molar-refractivity contribution is -0.0245. The van der Waals surface area contributed by atoms with E-state index in [4.69, 9.17) is 4.74 Å². The Labute approximate surface area is 178 Å². The van der Waals surface area contributed by atoms with Crippen LogP contribution in [-0.4, -0.2) is 45.5 Å². The monoisotopic (exact) mass is 414 g/mol. The van der Waals surface area contributed by atoms with E-state index in [1.54, 1.807) is 35.6 Å². The van der Waals surface area contributed by atoms with Gasteiger partial charge in [0.2, 0.25) is 0 Å². The van der Waals surface area contributed by atoms with Crippen LogP contribution >= 0.6 is 0 Å². The molecule has 1 aliphatic heterocycles. The Hall–Kier alpha value is -3.71. The highest BCUT2D eigenvalue weighted by Crippen LogP contribution is 2.30. The van der Waals surface area contributed by atoms with Crippen LogP contribution in [0.2, 0.25) is 0 Å². The van der Waals surface area contributed by atoms with Crippen LogP contribution in [0.15, 0.2) is 73.2 Å². The summed E-state index contributed by atoms with van der Waals surface area (Å²) in [6, 6.07) is 15.5. The Kier molecular flexibility index (Phi) is 5.09. The summed E-state index contributed by atoms with van der Waals surface area (Å²) in [5, 5.41) is 0.818. The predicted molar refractivity (Wildman–Crippen MR) is 114 cm³/mol. The number of rotatable bonds is 3. The molecule has 31 heavy (non-hydrogen) atoms. The fraction of sp³-hybridized carbons (Fsp3) is 0.167. The van der Waals surface area contributed by atoms with E-state index in [9.17, 15) is 9.18 Å². The molecule has 7 heteroatoms. The van der Waals surface area contributed by atoms with Crippen LogP contribution in [0.1, 0.15) is 22.2 Å². The van der Waals surface area contributed by atoms with Crippen LogP contribution < -0.4 is 0 Å². The van der Waals surface area contributed by atoms with Crippen molar-refractivity contribution in [2.45, 2.75) is 6.10 Å². The van der Waals surface area contributed by atoms with Gasteiger partial charge in [-0.3, -0.25) is 19.7 Å². The highest BCUT2D eigenvalue weighted by molar-refractivity contribution is 6.06. The van der Waals surface area contributed by atoms with Gasteiger partial charge in [-0.25, -0.2) is 4.39 Å². The first kappa shape index (κ1) is 19.3. The number of hydrogen-bond donors (Lipinski definition) is 0. The van der Waals surface area contributed by atoms with Gasteiger partial charge in [0.25, 0.3) is 5.91 Å². The Morgan fingerprint density at radius 1 is 1.00 bits per heavy atom. The van der Waals surface area contributed by atoms with E-state index in [1.165, 1.54) is 12.1 Å². The summed E-state index contributed by atoms with van der Waals surface area (Å²) < 4.78 is 19.7. The fourth-order valence-corrected chi connectivity index (χ4v) is 3.90. The molecule has 2 aromatic carbocycles. The van der Waals surface area contributed by atoms with Crippen molar-refractivity contribution in [1.29, 1.82) is 0 Å². The molecule has 0 bridgehead atoms. The molecular formula is C24H19FN4O2. The van der Waals surface area contributed by atoms with E-state index in [1.807, 2.05) is 30.3 Å². The summed E-state index contributed by atoms with van der Waals surface area (Å²) in [5.41, 5.74) is 3.15. The van der Waals surface area contributed by atoms with Gasteiger partial charge in [-0.2, -0.15) is 0 Å². The van der Waals surface area contributed by atoms with Crippen LogP contribution in [-0.2, 0) is 4.74 Å².